The van der Waals surface area contributed by atoms with Gasteiger partial charge in [-0.1, -0.05) is 0 Å². The first-order chi connectivity index (χ1) is 13.3. The first kappa shape index (κ1) is 19.6. The second-order valence-electron chi connectivity index (χ2n) is 6.66. The van der Waals surface area contributed by atoms with Crippen LogP contribution in [0.25, 0.3) is 5.76 Å². The summed E-state index contributed by atoms with van der Waals surface area (Å²) in [6, 6.07) is 7.84. The van der Waals surface area contributed by atoms with Crippen molar-refractivity contribution in [2.45, 2.75) is 19.4 Å². The van der Waals surface area contributed by atoms with Crippen LogP contribution in [-0.2, 0) is 16.5 Å². The molecule has 0 saturated heterocycles. The molecule has 1 unspecified atom stereocenters. The van der Waals surface area contributed by atoms with Gasteiger partial charge in [-0.2, -0.15) is 0 Å². The first-order valence-corrected chi connectivity index (χ1v) is 8.63. The van der Waals surface area contributed by atoms with Gasteiger partial charge in [-0.25, -0.2) is 9.48 Å². The molecule has 1 aromatic carbocycles. The summed E-state index contributed by atoms with van der Waals surface area (Å²) in [5.74, 6) is 0.799. The summed E-state index contributed by atoms with van der Waals surface area (Å²) in [5.41, 5.74) is 0.694. The Morgan fingerprint density at radius 2 is 2.00 bits per heavy atom. The van der Waals surface area contributed by atoms with Gasteiger partial charge >= 0.3 is 5.97 Å². The zero-order chi connectivity index (χ0) is 20.5. The van der Waals surface area contributed by atoms with Gasteiger partial charge in [0.25, 0.3) is 5.56 Å². The van der Waals surface area contributed by atoms with Crippen molar-refractivity contribution in [1.82, 2.24) is 9.78 Å². The lowest BCUT2D eigenvalue weighted by molar-refractivity contribution is 0.0269. The summed E-state index contributed by atoms with van der Waals surface area (Å²) >= 11 is 0. The number of hydrogen-bond acceptors (Lipinski definition) is 7. The van der Waals surface area contributed by atoms with Crippen LogP contribution in [0.15, 0.2) is 40.7 Å². The molecule has 1 aliphatic heterocycles. The van der Waals surface area contributed by atoms with E-state index in [0.29, 0.717) is 29.2 Å². The van der Waals surface area contributed by atoms with Crippen LogP contribution < -0.4 is 15.0 Å². The maximum atomic E-state index is 12.0. The van der Waals surface area contributed by atoms with Gasteiger partial charge in [0.15, 0.2) is 5.60 Å². The van der Waals surface area contributed by atoms with E-state index in [0.717, 1.165) is 5.57 Å². The molecule has 28 heavy (non-hydrogen) atoms. The Bertz CT molecular complexity index is 1010. The highest BCUT2D eigenvalue weighted by atomic mass is 16.5. The molecule has 0 bridgehead atoms. The first-order valence-electron chi connectivity index (χ1n) is 8.63. The van der Waals surface area contributed by atoms with Gasteiger partial charge in [-0.15, -0.1) is 5.10 Å². The Morgan fingerprint density at radius 1 is 1.25 bits per heavy atom. The van der Waals surface area contributed by atoms with E-state index < -0.39 is 11.6 Å². The van der Waals surface area contributed by atoms with Gasteiger partial charge in [-0.3, -0.25) is 4.79 Å². The van der Waals surface area contributed by atoms with Gasteiger partial charge in [0, 0.05) is 31.9 Å². The van der Waals surface area contributed by atoms with E-state index in [1.54, 1.807) is 32.4 Å². The van der Waals surface area contributed by atoms with Gasteiger partial charge in [0.2, 0.25) is 5.88 Å². The molecule has 0 fully saturated rings. The predicted molar refractivity (Wildman–Crippen MR) is 101 cm³/mol. The van der Waals surface area contributed by atoms with Crippen molar-refractivity contribution in [2.75, 3.05) is 20.8 Å². The van der Waals surface area contributed by atoms with Gasteiger partial charge in [0.05, 0.1) is 24.8 Å². The quantitative estimate of drug-likeness (QED) is 0.728. The number of aryl methyl sites for hydroxylation is 1. The van der Waals surface area contributed by atoms with Gasteiger partial charge < -0.3 is 18.9 Å². The fourth-order valence-electron chi connectivity index (χ4n) is 2.99. The second-order valence-corrected chi connectivity index (χ2v) is 6.66. The molecule has 0 aliphatic carbocycles. The van der Waals surface area contributed by atoms with Crippen LogP contribution in [0.1, 0.15) is 29.8 Å². The van der Waals surface area contributed by atoms with Crippen molar-refractivity contribution in [3.8, 4) is 11.6 Å². The molecule has 8 nitrogen and oxygen atoms in total. The molecule has 0 saturated carbocycles. The van der Waals surface area contributed by atoms with Crippen molar-refractivity contribution in [3.05, 3.63) is 57.4 Å². The number of benzene rings is 1. The highest BCUT2D eigenvalue weighted by Gasteiger charge is 2.38. The molecule has 0 N–H and O–H groups in total. The Hall–Kier alpha value is -3.13. The second kappa shape index (κ2) is 7.47. The van der Waals surface area contributed by atoms with E-state index in [9.17, 15) is 9.59 Å². The Morgan fingerprint density at radius 3 is 2.64 bits per heavy atom. The third kappa shape index (κ3) is 3.50. The molecule has 1 atom stereocenters. The SMILES string of the molecule is COCC1(C)Oc2ccc(C(=O)OC)cc2C(Oc2ccc(=O)n(C)n2)=C1C. The number of esters is 1. The Kier molecular flexibility index (Phi) is 5.24. The van der Waals surface area contributed by atoms with Crippen LogP contribution in [0, 0.1) is 0 Å². The van der Waals surface area contributed by atoms with Crippen LogP contribution >= 0.6 is 0 Å². The number of rotatable bonds is 5. The minimum Gasteiger partial charge on any atom is -0.480 e. The minimum atomic E-state index is -0.773. The lowest BCUT2D eigenvalue weighted by Gasteiger charge is -2.37. The lowest BCUT2D eigenvalue weighted by Crippen LogP contribution is -2.42. The van der Waals surface area contributed by atoms with E-state index in [1.165, 1.54) is 23.9 Å². The van der Waals surface area contributed by atoms with E-state index in [4.69, 9.17) is 18.9 Å². The number of aromatic nitrogens is 2. The van der Waals surface area contributed by atoms with Crippen LogP contribution in [-0.4, -0.2) is 42.2 Å². The summed E-state index contributed by atoms with van der Waals surface area (Å²) in [7, 11) is 4.45. The fraction of sp³-hybridized carbons (Fsp3) is 0.350. The number of nitrogens with zero attached hydrogens (tertiary/aromatic N) is 2. The van der Waals surface area contributed by atoms with Gasteiger partial charge in [-0.05, 0) is 32.0 Å². The molecular weight excluding hydrogens is 364 g/mol. The third-order valence-corrected chi connectivity index (χ3v) is 4.68. The summed E-state index contributed by atoms with van der Waals surface area (Å²) < 4.78 is 23.5. The van der Waals surface area contributed by atoms with Crippen molar-refractivity contribution < 1.29 is 23.7 Å². The van der Waals surface area contributed by atoms with Crippen LogP contribution in [0.5, 0.6) is 11.6 Å². The van der Waals surface area contributed by atoms with Crippen LogP contribution in [0.4, 0.5) is 0 Å². The maximum Gasteiger partial charge on any atom is 0.337 e. The lowest BCUT2D eigenvalue weighted by atomic mass is 9.90. The number of carbonyl (C=O) groups excluding carboxylic acids is 1. The summed E-state index contributed by atoms with van der Waals surface area (Å²) in [6.07, 6.45) is 0. The standard InChI is InChI=1S/C20H22N2O6/c1-12-18(27-16-8-9-17(23)22(3)21-16)14-10-13(19(24)26-5)6-7-15(14)28-20(12,2)11-25-4/h6-10H,11H2,1-5H3. The number of hydrogen-bond donors (Lipinski definition) is 0. The van der Waals surface area contributed by atoms with Crippen LogP contribution in [0.2, 0.25) is 0 Å². The number of carbonyl (C=O) groups is 1. The Labute approximate surface area is 162 Å². The van der Waals surface area contributed by atoms with Crippen molar-refractivity contribution in [1.29, 1.82) is 0 Å². The van der Waals surface area contributed by atoms with E-state index in [2.05, 4.69) is 5.10 Å². The zero-order valence-corrected chi connectivity index (χ0v) is 16.4. The molecule has 148 valence electrons. The average Bonchev–Trinajstić information content (AvgIpc) is 2.67. The molecule has 2 aromatic rings. The monoisotopic (exact) mass is 386 g/mol. The summed E-state index contributed by atoms with van der Waals surface area (Å²) in [6.45, 7) is 4.05. The van der Waals surface area contributed by atoms with Crippen LogP contribution in [0.3, 0.4) is 0 Å². The van der Waals surface area contributed by atoms with E-state index >= 15 is 0 Å². The third-order valence-electron chi connectivity index (χ3n) is 4.68. The van der Waals surface area contributed by atoms with Gasteiger partial charge in [0.1, 0.15) is 11.5 Å². The Balaban J connectivity index is 2.15. The number of methoxy groups -OCH3 is 2. The molecule has 8 heteroatoms. The zero-order valence-electron chi connectivity index (χ0n) is 16.4. The molecule has 3 rings (SSSR count). The summed E-state index contributed by atoms with van der Waals surface area (Å²) in [5, 5.41) is 4.13. The highest BCUT2D eigenvalue weighted by molar-refractivity contribution is 5.91. The largest absolute Gasteiger partial charge is 0.480 e. The van der Waals surface area contributed by atoms with E-state index in [1.807, 2.05) is 13.8 Å². The minimum absolute atomic E-state index is 0.243. The smallest absolute Gasteiger partial charge is 0.337 e. The topological polar surface area (TPSA) is 88.9 Å². The molecule has 0 spiro atoms. The molecular formula is C20H22N2O6. The average molecular weight is 386 g/mol. The van der Waals surface area contributed by atoms with E-state index in [-0.39, 0.29) is 11.4 Å². The van der Waals surface area contributed by atoms with Crippen molar-refractivity contribution in [3.63, 3.8) is 0 Å². The molecule has 1 aromatic heterocycles. The predicted octanol–water partition coefficient (Wildman–Crippen LogP) is 2.17. The molecule has 2 heterocycles. The summed E-state index contributed by atoms with van der Waals surface area (Å²) in [4.78, 5) is 23.6. The molecule has 1 aliphatic rings. The molecule has 0 radical (unpaired) electrons. The van der Waals surface area contributed by atoms with Crippen molar-refractivity contribution in [2.24, 2.45) is 7.05 Å². The highest BCUT2D eigenvalue weighted by Crippen LogP contribution is 2.42. The fourth-order valence-corrected chi connectivity index (χ4v) is 2.99. The maximum absolute atomic E-state index is 12.0. The number of ether oxygens (including phenoxy) is 4. The van der Waals surface area contributed by atoms with Crippen molar-refractivity contribution >= 4 is 11.7 Å². The normalized spacial score (nSPS) is 18.3. The number of fused-ring (bicyclic) bond motifs is 1. The molecule has 0 amide bonds.